The second-order valence-corrected chi connectivity index (χ2v) is 5.53. The van der Waals surface area contributed by atoms with E-state index in [0.29, 0.717) is 17.8 Å². The van der Waals surface area contributed by atoms with Crippen LogP contribution in [0, 0.1) is 23.7 Å². The van der Waals surface area contributed by atoms with Gasteiger partial charge in [0.15, 0.2) is 0 Å². The van der Waals surface area contributed by atoms with Crippen LogP contribution in [0.4, 0.5) is 0 Å². The number of allylic oxidation sites excluding steroid dienone is 4. The quantitative estimate of drug-likeness (QED) is 0.436. The van der Waals surface area contributed by atoms with Crippen LogP contribution in [-0.4, -0.2) is 4.33 Å². The molecule has 0 aromatic rings. The monoisotopic (exact) mass is 395 g/mol. The van der Waals surface area contributed by atoms with Gasteiger partial charge < -0.3 is 0 Å². The average molecular weight is 396 g/mol. The number of hydrogen-bond acceptors (Lipinski definition) is 0. The van der Waals surface area contributed by atoms with Crippen LogP contribution in [0.1, 0.15) is 6.42 Å². The number of rotatable bonds is 0. The first-order valence-electron chi connectivity index (χ1n) is 4.44. The van der Waals surface area contributed by atoms with Gasteiger partial charge in [0.2, 0.25) is 0 Å². The van der Waals surface area contributed by atoms with E-state index in [1.54, 1.807) is 0 Å². The standard InChI is InChI=1S/C10H10Cl2.Pt/c11-10(12)4-3-8-6-1-2-7(5-6)9(8)10;/h1-4,6-9H,5H2;. The smallest absolute Gasteiger partial charge is 0.0966 e. The molecule has 0 saturated heterocycles. The first kappa shape index (κ1) is 10.3. The van der Waals surface area contributed by atoms with E-state index in [4.69, 9.17) is 23.2 Å². The van der Waals surface area contributed by atoms with Crippen molar-refractivity contribution in [2.45, 2.75) is 10.8 Å². The summed E-state index contributed by atoms with van der Waals surface area (Å²) in [4.78, 5) is 0. The Morgan fingerprint density at radius 3 is 2.46 bits per heavy atom. The third kappa shape index (κ3) is 1.29. The van der Waals surface area contributed by atoms with Gasteiger partial charge in [0.05, 0.1) is 0 Å². The molecule has 2 bridgehead atoms. The molecule has 0 spiro atoms. The Bertz CT molecular complexity index is 283. The fourth-order valence-corrected chi connectivity index (χ4v) is 3.78. The molecule has 0 N–H and O–H groups in total. The van der Waals surface area contributed by atoms with E-state index in [0.717, 1.165) is 5.92 Å². The van der Waals surface area contributed by atoms with Gasteiger partial charge in [-0.3, -0.25) is 0 Å². The van der Waals surface area contributed by atoms with E-state index in [-0.39, 0.29) is 21.1 Å². The molecule has 1 fully saturated rings. The van der Waals surface area contributed by atoms with Crippen LogP contribution in [0.5, 0.6) is 0 Å². The van der Waals surface area contributed by atoms with Gasteiger partial charge in [-0.25, -0.2) is 0 Å². The summed E-state index contributed by atoms with van der Waals surface area (Å²) in [5.41, 5.74) is 0. The van der Waals surface area contributed by atoms with Crippen molar-refractivity contribution in [2.75, 3.05) is 0 Å². The molecule has 3 aliphatic rings. The Labute approximate surface area is 103 Å². The van der Waals surface area contributed by atoms with Crippen molar-refractivity contribution < 1.29 is 21.1 Å². The largest absolute Gasteiger partial charge is 0.140 e. The SMILES string of the molecule is ClC1(Cl)C=CC2C3C=CC(C3)C21.[Pt]. The molecule has 3 rings (SSSR count). The van der Waals surface area contributed by atoms with Crippen molar-refractivity contribution in [3.63, 3.8) is 0 Å². The molecule has 13 heavy (non-hydrogen) atoms. The fourth-order valence-electron chi connectivity index (χ4n) is 3.02. The molecule has 4 unspecified atom stereocenters. The minimum atomic E-state index is -0.588. The van der Waals surface area contributed by atoms with Crippen molar-refractivity contribution in [1.82, 2.24) is 0 Å². The minimum absolute atomic E-state index is 0. The van der Waals surface area contributed by atoms with Gasteiger partial charge in [-0.15, -0.1) is 0 Å². The average Bonchev–Trinajstić information content (AvgIpc) is 2.61. The Hall–Kier alpha value is 0.748. The second kappa shape index (κ2) is 3.12. The van der Waals surface area contributed by atoms with E-state index >= 15 is 0 Å². The maximum Gasteiger partial charge on any atom is 0.140 e. The molecule has 0 amide bonds. The van der Waals surface area contributed by atoms with Crippen LogP contribution in [0.2, 0.25) is 0 Å². The molecular formula is C10H10Cl2Pt. The van der Waals surface area contributed by atoms with E-state index < -0.39 is 4.33 Å². The van der Waals surface area contributed by atoms with Crippen molar-refractivity contribution in [3.8, 4) is 0 Å². The van der Waals surface area contributed by atoms with Crippen LogP contribution in [-0.2, 0) is 21.1 Å². The second-order valence-electron chi connectivity index (χ2n) is 4.09. The predicted molar refractivity (Wildman–Crippen MR) is 51.3 cm³/mol. The fraction of sp³-hybridized carbons (Fsp3) is 0.600. The summed E-state index contributed by atoms with van der Waals surface area (Å²) in [5.74, 6) is 2.42. The molecule has 0 radical (unpaired) electrons. The zero-order chi connectivity index (χ0) is 8.34. The zero-order valence-corrected chi connectivity index (χ0v) is 10.7. The third-order valence-electron chi connectivity index (χ3n) is 3.51. The molecule has 0 aromatic heterocycles. The van der Waals surface area contributed by atoms with Crippen LogP contribution < -0.4 is 0 Å². The molecule has 0 aliphatic heterocycles. The van der Waals surface area contributed by atoms with Crippen molar-refractivity contribution >= 4 is 23.2 Å². The molecule has 0 heterocycles. The Morgan fingerprint density at radius 1 is 1.08 bits per heavy atom. The molecular weight excluding hydrogens is 386 g/mol. The van der Waals surface area contributed by atoms with Gasteiger partial charge in [-0.05, 0) is 24.2 Å². The Morgan fingerprint density at radius 2 is 1.77 bits per heavy atom. The van der Waals surface area contributed by atoms with Gasteiger partial charge in [0.1, 0.15) is 4.33 Å². The summed E-state index contributed by atoms with van der Waals surface area (Å²) >= 11 is 12.4. The number of fused-ring (bicyclic) bond motifs is 5. The van der Waals surface area contributed by atoms with E-state index in [9.17, 15) is 0 Å². The van der Waals surface area contributed by atoms with Crippen LogP contribution in [0.3, 0.4) is 0 Å². The Balaban J connectivity index is 0.000000653. The number of halogens is 2. The topological polar surface area (TPSA) is 0 Å². The maximum absolute atomic E-state index is 6.21. The Kier molecular flexibility index (Phi) is 2.47. The van der Waals surface area contributed by atoms with Gasteiger partial charge in [0.25, 0.3) is 0 Å². The minimum Gasteiger partial charge on any atom is -0.0966 e. The number of alkyl halides is 2. The first-order valence-corrected chi connectivity index (χ1v) is 5.19. The summed E-state index contributed by atoms with van der Waals surface area (Å²) in [7, 11) is 0. The molecule has 3 aliphatic carbocycles. The molecule has 0 nitrogen and oxygen atoms in total. The van der Waals surface area contributed by atoms with Crippen molar-refractivity contribution in [1.29, 1.82) is 0 Å². The molecule has 74 valence electrons. The van der Waals surface area contributed by atoms with Gasteiger partial charge in [-0.1, -0.05) is 47.5 Å². The first-order chi connectivity index (χ1) is 5.68. The summed E-state index contributed by atoms with van der Waals surface area (Å²) in [5, 5.41) is 0. The van der Waals surface area contributed by atoms with E-state index in [1.807, 2.05) is 6.08 Å². The van der Waals surface area contributed by atoms with Crippen molar-refractivity contribution in [3.05, 3.63) is 24.3 Å². The van der Waals surface area contributed by atoms with Crippen LogP contribution >= 0.6 is 23.2 Å². The molecule has 1 saturated carbocycles. The van der Waals surface area contributed by atoms with Gasteiger partial charge in [-0.2, -0.15) is 0 Å². The molecule has 0 aromatic carbocycles. The molecule has 3 heteroatoms. The van der Waals surface area contributed by atoms with Gasteiger partial charge in [0, 0.05) is 27.0 Å². The summed E-state index contributed by atoms with van der Waals surface area (Å²) < 4.78 is -0.588. The summed E-state index contributed by atoms with van der Waals surface area (Å²) in [6.07, 6.45) is 10.1. The summed E-state index contributed by atoms with van der Waals surface area (Å²) in [6, 6.07) is 0. The molecule has 4 atom stereocenters. The van der Waals surface area contributed by atoms with Crippen LogP contribution in [0.25, 0.3) is 0 Å². The third-order valence-corrected chi connectivity index (χ3v) is 4.26. The van der Waals surface area contributed by atoms with Crippen molar-refractivity contribution in [2.24, 2.45) is 23.7 Å². The van der Waals surface area contributed by atoms with Gasteiger partial charge >= 0.3 is 0 Å². The van der Waals surface area contributed by atoms with Crippen LogP contribution in [0.15, 0.2) is 24.3 Å². The van der Waals surface area contributed by atoms with E-state index in [2.05, 4.69) is 18.2 Å². The van der Waals surface area contributed by atoms with E-state index in [1.165, 1.54) is 6.42 Å². The zero-order valence-electron chi connectivity index (χ0n) is 6.90. The summed E-state index contributed by atoms with van der Waals surface area (Å²) in [6.45, 7) is 0. The predicted octanol–water partition coefficient (Wildman–Crippen LogP) is 3.17. The number of hydrogen-bond donors (Lipinski definition) is 0. The maximum atomic E-state index is 6.21. The normalized spacial score (nSPS) is 47.8.